The van der Waals surface area contributed by atoms with E-state index in [1.54, 1.807) is 31.2 Å². The lowest BCUT2D eigenvalue weighted by molar-refractivity contribution is -0.121. The van der Waals surface area contributed by atoms with Crippen LogP contribution in [-0.4, -0.2) is 39.8 Å². The predicted molar refractivity (Wildman–Crippen MR) is 117 cm³/mol. The van der Waals surface area contributed by atoms with Gasteiger partial charge in [-0.2, -0.15) is 0 Å². The van der Waals surface area contributed by atoms with Crippen molar-refractivity contribution >= 4 is 33.2 Å². The molecule has 1 atom stereocenters. The van der Waals surface area contributed by atoms with Gasteiger partial charge in [0, 0.05) is 5.02 Å². The monoisotopic (exact) mass is 438 g/mol. The van der Waals surface area contributed by atoms with Crippen LogP contribution in [0.1, 0.15) is 25.0 Å². The normalized spacial score (nSPS) is 12.3. The van der Waals surface area contributed by atoms with Crippen LogP contribution in [0.5, 0.6) is 5.75 Å². The molecule has 0 aliphatic heterocycles. The molecule has 1 amide bonds. The van der Waals surface area contributed by atoms with Gasteiger partial charge in [-0.1, -0.05) is 36.7 Å². The van der Waals surface area contributed by atoms with Crippen LogP contribution >= 0.6 is 11.6 Å². The SMILES string of the molecule is CCc1ccc(N([C@H](C)C(=O)NCCOc2ccc(C)c(Cl)c2)S(C)(=O)=O)cc1. The van der Waals surface area contributed by atoms with Crippen molar-refractivity contribution in [1.82, 2.24) is 5.32 Å². The third-order valence-corrected chi connectivity index (χ3v) is 6.15. The van der Waals surface area contributed by atoms with E-state index in [0.717, 1.165) is 28.1 Å². The summed E-state index contributed by atoms with van der Waals surface area (Å²) in [6.07, 6.45) is 1.94. The summed E-state index contributed by atoms with van der Waals surface area (Å²) in [5, 5.41) is 3.33. The number of carbonyl (C=O) groups excluding carboxylic acids is 1. The van der Waals surface area contributed by atoms with Crippen molar-refractivity contribution in [2.45, 2.75) is 33.2 Å². The van der Waals surface area contributed by atoms with E-state index in [4.69, 9.17) is 16.3 Å². The molecule has 2 rings (SSSR count). The first-order valence-electron chi connectivity index (χ1n) is 9.38. The number of hydrogen-bond acceptors (Lipinski definition) is 4. The number of hydrogen-bond donors (Lipinski definition) is 1. The van der Waals surface area contributed by atoms with Crippen LogP contribution in [0, 0.1) is 6.92 Å². The van der Waals surface area contributed by atoms with E-state index >= 15 is 0 Å². The smallest absolute Gasteiger partial charge is 0.243 e. The molecular formula is C21H27ClN2O4S. The molecule has 8 heteroatoms. The molecule has 0 aromatic heterocycles. The van der Waals surface area contributed by atoms with E-state index in [-0.39, 0.29) is 13.2 Å². The second-order valence-electron chi connectivity index (χ2n) is 6.81. The molecule has 0 spiro atoms. The van der Waals surface area contributed by atoms with Gasteiger partial charge < -0.3 is 10.1 Å². The summed E-state index contributed by atoms with van der Waals surface area (Å²) in [6.45, 7) is 5.96. The lowest BCUT2D eigenvalue weighted by Gasteiger charge is -2.28. The van der Waals surface area contributed by atoms with Gasteiger partial charge in [0.05, 0.1) is 18.5 Å². The van der Waals surface area contributed by atoms with E-state index in [1.165, 1.54) is 0 Å². The van der Waals surface area contributed by atoms with Crippen molar-refractivity contribution in [3.63, 3.8) is 0 Å². The summed E-state index contributed by atoms with van der Waals surface area (Å²) in [6, 6.07) is 11.6. The van der Waals surface area contributed by atoms with Crippen molar-refractivity contribution in [1.29, 1.82) is 0 Å². The van der Waals surface area contributed by atoms with Crippen molar-refractivity contribution < 1.29 is 17.9 Å². The average Bonchev–Trinajstić information content (AvgIpc) is 2.67. The van der Waals surface area contributed by atoms with Crippen LogP contribution in [0.2, 0.25) is 5.02 Å². The van der Waals surface area contributed by atoms with Gasteiger partial charge in [-0.3, -0.25) is 9.10 Å². The van der Waals surface area contributed by atoms with Crippen LogP contribution < -0.4 is 14.4 Å². The number of aryl methyl sites for hydroxylation is 2. The number of rotatable bonds is 9. The first-order valence-corrected chi connectivity index (χ1v) is 11.6. The molecule has 0 aliphatic carbocycles. The van der Waals surface area contributed by atoms with Crippen LogP contribution in [0.4, 0.5) is 5.69 Å². The third-order valence-electron chi connectivity index (χ3n) is 4.50. The summed E-state index contributed by atoms with van der Waals surface area (Å²) in [5.74, 6) is 0.206. The van der Waals surface area contributed by atoms with Gasteiger partial charge in [-0.05, 0) is 55.7 Å². The van der Waals surface area contributed by atoms with Gasteiger partial charge >= 0.3 is 0 Å². The quantitative estimate of drug-likeness (QED) is 0.607. The Labute approximate surface area is 177 Å². The number of carbonyl (C=O) groups is 1. The molecule has 29 heavy (non-hydrogen) atoms. The molecule has 158 valence electrons. The van der Waals surface area contributed by atoms with E-state index in [1.807, 2.05) is 32.0 Å². The average molecular weight is 439 g/mol. The summed E-state index contributed by atoms with van der Waals surface area (Å²) < 4.78 is 31.3. The zero-order valence-electron chi connectivity index (χ0n) is 17.1. The molecule has 2 aromatic carbocycles. The molecule has 0 aliphatic rings. The molecule has 0 unspecified atom stereocenters. The van der Waals surface area contributed by atoms with E-state index < -0.39 is 22.0 Å². The molecule has 0 heterocycles. The summed E-state index contributed by atoms with van der Waals surface area (Å²) in [4.78, 5) is 12.5. The van der Waals surface area contributed by atoms with Crippen LogP contribution in [-0.2, 0) is 21.2 Å². The minimum atomic E-state index is -3.64. The van der Waals surface area contributed by atoms with Gasteiger partial charge in [0.2, 0.25) is 15.9 Å². The van der Waals surface area contributed by atoms with Gasteiger partial charge in [0.25, 0.3) is 0 Å². The Morgan fingerprint density at radius 1 is 1.21 bits per heavy atom. The molecule has 0 saturated carbocycles. The van der Waals surface area contributed by atoms with Crippen LogP contribution in [0.3, 0.4) is 0 Å². The second kappa shape index (κ2) is 9.98. The van der Waals surface area contributed by atoms with Crippen LogP contribution in [0.15, 0.2) is 42.5 Å². The number of halogens is 1. The number of amides is 1. The summed E-state index contributed by atoms with van der Waals surface area (Å²) in [5.41, 5.74) is 2.50. The molecule has 2 aromatic rings. The number of ether oxygens (including phenoxy) is 1. The largest absolute Gasteiger partial charge is 0.492 e. The minimum Gasteiger partial charge on any atom is -0.492 e. The molecule has 0 saturated heterocycles. The fourth-order valence-electron chi connectivity index (χ4n) is 2.84. The van der Waals surface area contributed by atoms with Crippen molar-refractivity contribution in [3.8, 4) is 5.75 Å². The molecule has 1 N–H and O–H groups in total. The Balaban J connectivity index is 1.98. The zero-order chi connectivity index (χ0) is 21.6. The van der Waals surface area contributed by atoms with Gasteiger partial charge in [0.1, 0.15) is 18.4 Å². The molecule has 0 radical (unpaired) electrons. The third kappa shape index (κ3) is 6.37. The lowest BCUT2D eigenvalue weighted by Crippen LogP contribution is -2.48. The Bertz CT molecular complexity index is 946. The number of anilines is 1. The highest BCUT2D eigenvalue weighted by Gasteiger charge is 2.28. The first kappa shape index (κ1) is 23.0. The van der Waals surface area contributed by atoms with Gasteiger partial charge in [0.15, 0.2) is 0 Å². The fourth-order valence-corrected chi connectivity index (χ4v) is 4.19. The maximum atomic E-state index is 12.5. The highest BCUT2D eigenvalue weighted by molar-refractivity contribution is 7.92. The molecular weight excluding hydrogens is 412 g/mol. The van der Waals surface area contributed by atoms with E-state index in [0.29, 0.717) is 16.5 Å². The van der Waals surface area contributed by atoms with E-state index in [2.05, 4.69) is 5.32 Å². The highest BCUT2D eigenvalue weighted by atomic mass is 35.5. The van der Waals surface area contributed by atoms with Crippen molar-refractivity contribution in [2.75, 3.05) is 23.7 Å². The van der Waals surface area contributed by atoms with E-state index in [9.17, 15) is 13.2 Å². The number of benzene rings is 2. The molecule has 6 nitrogen and oxygen atoms in total. The summed E-state index contributed by atoms with van der Waals surface area (Å²) in [7, 11) is -3.64. The Morgan fingerprint density at radius 2 is 1.86 bits per heavy atom. The summed E-state index contributed by atoms with van der Waals surface area (Å²) >= 11 is 6.06. The van der Waals surface area contributed by atoms with Crippen LogP contribution in [0.25, 0.3) is 0 Å². The topological polar surface area (TPSA) is 75.7 Å². The van der Waals surface area contributed by atoms with Gasteiger partial charge in [-0.15, -0.1) is 0 Å². The fraction of sp³-hybridized carbons (Fsp3) is 0.381. The Hall–Kier alpha value is -2.25. The molecule has 0 bridgehead atoms. The second-order valence-corrected chi connectivity index (χ2v) is 9.07. The Kier molecular flexibility index (Phi) is 7.93. The predicted octanol–water partition coefficient (Wildman–Crippen LogP) is 3.56. The first-order chi connectivity index (χ1) is 13.6. The lowest BCUT2D eigenvalue weighted by atomic mass is 10.1. The Morgan fingerprint density at radius 3 is 2.41 bits per heavy atom. The maximum Gasteiger partial charge on any atom is 0.243 e. The number of sulfonamides is 1. The van der Waals surface area contributed by atoms with Gasteiger partial charge in [-0.25, -0.2) is 8.42 Å². The maximum absolute atomic E-state index is 12.5. The number of nitrogens with one attached hydrogen (secondary N) is 1. The molecule has 0 fully saturated rings. The van der Waals surface area contributed by atoms with Crippen molar-refractivity contribution in [3.05, 3.63) is 58.6 Å². The minimum absolute atomic E-state index is 0.237. The van der Waals surface area contributed by atoms with Crippen molar-refractivity contribution in [2.24, 2.45) is 0 Å². The highest BCUT2D eigenvalue weighted by Crippen LogP contribution is 2.22. The number of nitrogens with zero attached hydrogens (tertiary/aromatic N) is 1. The zero-order valence-corrected chi connectivity index (χ0v) is 18.7. The standard InChI is InChI=1S/C21H27ClN2O4S/c1-5-17-7-9-18(10-8-17)24(29(4,26)27)16(3)21(25)23-12-13-28-19-11-6-15(2)20(22)14-19/h6-11,14,16H,5,12-13H2,1-4H3,(H,23,25)/t16-/m1/s1.